The second kappa shape index (κ2) is 7.43. The molecule has 1 saturated heterocycles. The highest BCUT2D eigenvalue weighted by molar-refractivity contribution is 5.95. The van der Waals surface area contributed by atoms with Crippen molar-refractivity contribution in [1.29, 1.82) is 0 Å². The van der Waals surface area contributed by atoms with Crippen LogP contribution in [0.15, 0.2) is 30.9 Å². The van der Waals surface area contributed by atoms with Gasteiger partial charge in [-0.2, -0.15) is 5.10 Å². The Kier molecular flexibility index (Phi) is 4.85. The minimum Gasteiger partial charge on any atom is -0.339 e. The number of aromatic nitrogens is 3. The molecule has 0 bridgehead atoms. The number of hydrogen-bond donors (Lipinski definition) is 1. The van der Waals surface area contributed by atoms with Gasteiger partial charge in [0.25, 0.3) is 11.6 Å². The van der Waals surface area contributed by atoms with Crippen LogP contribution in [0.3, 0.4) is 0 Å². The summed E-state index contributed by atoms with van der Waals surface area (Å²) in [5.74, 6) is 0.678. The zero-order chi connectivity index (χ0) is 18.8. The van der Waals surface area contributed by atoms with Crippen molar-refractivity contribution in [2.24, 2.45) is 5.92 Å². The first-order valence-electron chi connectivity index (χ1n) is 9.28. The summed E-state index contributed by atoms with van der Waals surface area (Å²) in [5, 5.41) is 19.0. The van der Waals surface area contributed by atoms with Crippen molar-refractivity contribution >= 4 is 11.6 Å². The van der Waals surface area contributed by atoms with Crippen LogP contribution in [0.1, 0.15) is 36.0 Å². The molecular weight excluding hydrogens is 348 g/mol. The molecule has 4 rings (SSSR count). The average molecular weight is 370 g/mol. The number of hydrogen-bond acceptors (Lipinski definition) is 6. The van der Waals surface area contributed by atoms with Crippen LogP contribution in [0.25, 0.3) is 5.69 Å². The Hall–Kier alpha value is -2.81. The fraction of sp³-hybridized carbons (Fsp3) is 0.500. The third-order valence-corrected chi connectivity index (χ3v) is 5.26. The molecule has 2 heterocycles. The van der Waals surface area contributed by atoms with E-state index in [2.05, 4.69) is 15.4 Å². The molecule has 1 saturated carbocycles. The SMILES string of the molecule is O=C(c1ccc(-n2cncn2)c([N+](=O)[O-])c1)N1CCC(NCC2CC2)CC1. The summed E-state index contributed by atoms with van der Waals surface area (Å²) in [5.41, 5.74) is 0.458. The zero-order valence-corrected chi connectivity index (χ0v) is 15.0. The van der Waals surface area contributed by atoms with Crippen LogP contribution >= 0.6 is 0 Å². The van der Waals surface area contributed by atoms with Gasteiger partial charge in [-0.15, -0.1) is 0 Å². The van der Waals surface area contributed by atoms with Gasteiger partial charge in [-0.05, 0) is 50.3 Å². The fourth-order valence-corrected chi connectivity index (χ4v) is 3.45. The maximum atomic E-state index is 12.8. The fourth-order valence-electron chi connectivity index (χ4n) is 3.45. The smallest absolute Gasteiger partial charge is 0.295 e. The van der Waals surface area contributed by atoms with Crippen LogP contribution in [-0.4, -0.2) is 56.2 Å². The largest absolute Gasteiger partial charge is 0.339 e. The summed E-state index contributed by atoms with van der Waals surface area (Å²) in [6, 6.07) is 4.95. The number of benzene rings is 1. The second-order valence-electron chi connectivity index (χ2n) is 7.22. The molecule has 142 valence electrons. The van der Waals surface area contributed by atoms with Gasteiger partial charge in [-0.3, -0.25) is 14.9 Å². The number of nitrogens with one attached hydrogen (secondary N) is 1. The van der Waals surface area contributed by atoms with Gasteiger partial charge in [0, 0.05) is 30.8 Å². The minimum atomic E-state index is -0.498. The number of nitro groups is 1. The number of carbonyl (C=O) groups is 1. The monoisotopic (exact) mass is 370 g/mol. The molecule has 1 aliphatic carbocycles. The van der Waals surface area contributed by atoms with Gasteiger partial charge < -0.3 is 10.2 Å². The highest BCUT2D eigenvalue weighted by atomic mass is 16.6. The molecule has 9 nitrogen and oxygen atoms in total. The number of amides is 1. The Morgan fingerprint density at radius 3 is 2.67 bits per heavy atom. The molecule has 0 spiro atoms. The lowest BCUT2D eigenvalue weighted by Crippen LogP contribution is -2.45. The van der Waals surface area contributed by atoms with E-state index >= 15 is 0 Å². The lowest BCUT2D eigenvalue weighted by molar-refractivity contribution is -0.384. The zero-order valence-electron chi connectivity index (χ0n) is 15.0. The molecule has 0 unspecified atom stereocenters. The molecule has 0 radical (unpaired) electrons. The Bertz CT molecular complexity index is 826. The van der Waals surface area contributed by atoms with Gasteiger partial charge in [0.1, 0.15) is 18.3 Å². The third-order valence-electron chi connectivity index (χ3n) is 5.26. The third kappa shape index (κ3) is 3.97. The van der Waals surface area contributed by atoms with E-state index in [1.165, 1.54) is 36.2 Å². The molecule has 9 heteroatoms. The van der Waals surface area contributed by atoms with E-state index < -0.39 is 4.92 Å². The molecule has 1 amide bonds. The summed E-state index contributed by atoms with van der Waals surface area (Å²) in [6.45, 7) is 2.41. The summed E-state index contributed by atoms with van der Waals surface area (Å²) in [6.07, 6.45) is 7.18. The van der Waals surface area contributed by atoms with Crippen molar-refractivity contribution in [3.63, 3.8) is 0 Å². The highest BCUT2D eigenvalue weighted by Gasteiger charge is 2.27. The first-order chi connectivity index (χ1) is 13.1. The molecule has 27 heavy (non-hydrogen) atoms. The number of rotatable bonds is 6. The molecular formula is C18H22N6O3. The van der Waals surface area contributed by atoms with E-state index in [0.717, 1.165) is 25.3 Å². The maximum Gasteiger partial charge on any atom is 0.295 e. The predicted octanol–water partition coefficient (Wildman–Crippen LogP) is 1.78. The Morgan fingerprint density at radius 1 is 1.26 bits per heavy atom. The average Bonchev–Trinajstić information content (AvgIpc) is 3.37. The van der Waals surface area contributed by atoms with Gasteiger partial charge >= 0.3 is 0 Å². The molecule has 1 aliphatic heterocycles. The van der Waals surface area contributed by atoms with Crippen molar-refractivity contribution in [3.8, 4) is 5.69 Å². The van der Waals surface area contributed by atoms with Crippen molar-refractivity contribution in [1.82, 2.24) is 25.0 Å². The molecule has 2 aromatic rings. The van der Waals surface area contributed by atoms with Crippen LogP contribution in [0.5, 0.6) is 0 Å². The number of carbonyl (C=O) groups excluding carboxylic acids is 1. The van der Waals surface area contributed by atoms with E-state index in [1.54, 1.807) is 17.0 Å². The van der Waals surface area contributed by atoms with Gasteiger partial charge in [0.15, 0.2) is 0 Å². The lowest BCUT2D eigenvalue weighted by atomic mass is 10.0. The van der Waals surface area contributed by atoms with E-state index in [1.807, 2.05) is 0 Å². The van der Waals surface area contributed by atoms with Crippen LogP contribution in [0, 0.1) is 16.0 Å². The maximum absolute atomic E-state index is 12.8. The normalized spacial score (nSPS) is 17.9. The summed E-state index contributed by atoms with van der Waals surface area (Å²) < 4.78 is 1.32. The number of likely N-dealkylation sites (tertiary alicyclic amines) is 1. The van der Waals surface area contributed by atoms with Crippen LogP contribution < -0.4 is 5.32 Å². The number of piperidine rings is 1. The first-order valence-corrected chi connectivity index (χ1v) is 9.28. The Balaban J connectivity index is 1.44. The van der Waals surface area contributed by atoms with Gasteiger partial charge in [0.2, 0.25) is 0 Å². The molecule has 0 atom stereocenters. The first kappa shape index (κ1) is 17.6. The Labute approximate surface area is 156 Å². The van der Waals surface area contributed by atoms with Crippen LogP contribution in [-0.2, 0) is 0 Å². The quantitative estimate of drug-likeness (QED) is 0.614. The predicted molar refractivity (Wildman–Crippen MR) is 97.7 cm³/mol. The summed E-state index contributed by atoms with van der Waals surface area (Å²) >= 11 is 0. The summed E-state index contributed by atoms with van der Waals surface area (Å²) in [7, 11) is 0. The Morgan fingerprint density at radius 2 is 2.04 bits per heavy atom. The highest BCUT2D eigenvalue weighted by Crippen LogP contribution is 2.28. The van der Waals surface area contributed by atoms with Crippen molar-refractivity contribution in [3.05, 3.63) is 46.5 Å². The lowest BCUT2D eigenvalue weighted by Gasteiger charge is -2.32. The van der Waals surface area contributed by atoms with E-state index in [9.17, 15) is 14.9 Å². The molecule has 2 aliphatic rings. The van der Waals surface area contributed by atoms with Crippen molar-refractivity contribution in [2.75, 3.05) is 19.6 Å². The molecule has 1 N–H and O–H groups in total. The van der Waals surface area contributed by atoms with Crippen molar-refractivity contribution < 1.29 is 9.72 Å². The topological polar surface area (TPSA) is 106 Å². The number of nitrogens with zero attached hydrogens (tertiary/aromatic N) is 5. The minimum absolute atomic E-state index is 0.160. The molecule has 1 aromatic carbocycles. The standard InChI is InChI=1S/C18H22N6O3/c25-18(22-7-5-15(6-8-22)20-10-13-1-2-13)14-3-4-16(17(9-14)24(26)27)23-12-19-11-21-23/h3-4,9,11-13,15,20H,1-2,5-8,10H2. The van der Waals surface area contributed by atoms with Crippen molar-refractivity contribution in [2.45, 2.75) is 31.7 Å². The van der Waals surface area contributed by atoms with E-state index in [-0.39, 0.29) is 17.3 Å². The second-order valence-corrected chi connectivity index (χ2v) is 7.22. The number of nitro benzene ring substituents is 1. The summed E-state index contributed by atoms with van der Waals surface area (Å²) in [4.78, 5) is 29.4. The van der Waals surface area contributed by atoms with Gasteiger partial charge in [-0.1, -0.05) is 0 Å². The van der Waals surface area contributed by atoms with Gasteiger partial charge in [0.05, 0.1) is 4.92 Å². The van der Waals surface area contributed by atoms with E-state index in [0.29, 0.717) is 24.7 Å². The molecule has 2 fully saturated rings. The van der Waals surface area contributed by atoms with Crippen LogP contribution in [0.4, 0.5) is 5.69 Å². The molecule has 1 aromatic heterocycles. The van der Waals surface area contributed by atoms with Gasteiger partial charge in [-0.25, -0.2) is 9.67 Å². The van der Waals surface area contributed by atoms with E-state index in [4.69, 9.17) is 0 Å². The van der Waals surface area contributed by atoms with Crippen LogP contribution in [0.2, 0.25) is 0 Å².